The molecular weight excluding hydrogens is 422 g/mol. The van der Waals surface area contributed by atoms with Crippen molar-refractivity contribution in [3.63, 3.8) is 0 Å². The second kappa shape index (κ2) is 7.77. The van der Waals surface area contributed by atoms with Gasteiger partial charge in [0.05, 0.1) is 12.2 Å². The lowest BCUT2D eigenvalue weighted by molar-refractivity contribution is -0.905. The zero-order valence-corrected chi connectivity index (χ0v) is 19.2. The van der Waals surface area contributed by atoms with Gasteiger partial charge in [0.2, 0.25) is 11.9 Å². The van der Waals surface area contributed by atoms with Crippen LogP contribution < -0.4 is 4.73 Å². The number of benzene rings is 1. The van der Waals surface area contributed by atoms with E-state index in [1.165, 1.54) is 6.20 Å². The molecule has 2 fully saturated rings. The smallest absolute Gasteiger partial charge is 0.258 e. The summed E-state index contributed by atoms with van der Waals surface area (Å²) in [6.07, 6.45) is 7.34. The first kappa shape index (κ1) is 22.3. The Morgan fingerprint density at radius 3 is 2.73 bits per heavy atom. The normalized spacial score (nSPS) is 34.8. The van der Waals surface area contributed by atoms with Gasteiger partial charge < -0.3 is 5.11 Å². The minimum absolute atomic E-state index is 0.102. The molecule has 0 saturated heterocycles. The highest BCUT2D eigenvalue weighted by Gasteiger charge is 2.63. The lowest BCUT2D eigenvalue weighted by atomic mass is 9.49. The summed E-state index contributed by atoms with van der Waals surface area (Å²) in [4.78, 5) is 3.35. The maximum Gasteiger partial charge on any atom is 0.258 e. The van der Waals surface area contributed by atoms with Crippen LogP contribution in [0.3, 0.4) is 0 Å². The average molecular weight is 454 g/mol. The molecule has 4 nitrogen and oxygen atoms in total. The molecule has 2 N–H and O–H groups in total. The topological polar surface area (TPSA) is 48.7 Å². The lowest BCUT2D eigenvalue weighted by Gasteiger charge is -2.56. The Morgan fingerprint density at radius 1 is 1.24 bits per heavy atom. The predicted molar refractivity (Wildman–Crippen MR) is 119 cm³/mol. The molecule has 5 rings (SSSR count). The van der Waals surface area contributed by atoms with E-state index in [1.807, 2.05) is 6.07 Å². The molecule has 0 amide bonds. The van der Waals surface area contributed by atoms with Crippen molar-refractivity contribution in [1.29, 1.82) is 0 Å². The Bertz CT molecular complexity index is 1150. The van der Waals surface area contributed by atoms with Gasteiger partial charge in [-0.15, -0.1) is 0 Å². The van der Waals surface area contributed by atoms with Crippen LogP contribution in [0.4, 0.5) is 14.5 Å². The van der Waals surface area contributed by atoms with E-state index in [4.69, 9.17) is 6.57 Å². The van der Waals surface area contributed by atoms with Crippen LogP contribution in [-0.4, -0.2) is 15.9 Å². The van der Waals surface area contributed by atoms with Crippen LogP contribution in [0.25, 0.3) is 4.85 Å². The van der Waals surface area contributed by atoms with Crippen molar-refractivity contribution in [2.75, 3.05) is 0 Å². The summed E-state index contributed by atoms with van der Waals surface area (Å²) in [7, 11) is 0. The highest BCUT2D eigenvalue weighted by atomic mass is 19.1. The summed E-state index contributed by atoms with van der Waals surface area (Å²) in [5.41, 5.74) is 0.898. The number of aromatic nitrogens is 1. The second-order valence-electron chi connectivity index (χ2n) is 10.6. The van der Waals surface area contributed by atoms with Crippen molar-refractivity contribution in [2.24, 2.45) is 23.2 Å². The Morgan fingerprint density at radius 2 is 2.03 bits per heavy atom. The highest BCUT2D eigenvalue weighted by molar-refractivity contribution is 5.53. The number of fused-ring (bicyclic) bond motifs is 5. The van der Waals surface area contributed by atoms with Crippen LogP contribution in [0.15, 0.2) is 30.6 Å². The number of hydrogen-bond acceptors (Lipinski definition) is 2. The van der Waals surface area contributed by atoms with E-state index < -0.39 is 11.4 Å². The van der Waals surface area contributed by atoms with E-state index in [9.17, 15) is 14.7 Å². The van der Waals surface area contributed by atoms with Gasteiger partial charge in [0.25, 0.3) is 6.20 Å². The first-order chi connectivity index (χ1) is 15.7. The van der Waals surface area contributed by atoms with Crippen molar-refractivity contribution in [3.05, 3.63) is 70.3 Å². The third-order valence-electron chi connectivity index (χ3n) is 9.38. The third-order valence-corrected chi connectivity index (χ3v) is 9.38. The number of pyridine rings is 1. The molecule has 0 spiro atoms. The van der Waals surface area contributed by atoms with Gasteiger partial charge >= 0.3 is 0 Å². The summed E-state index contributed by atoms with van der Waals surface area (Å²) in [5.74, 6) is 0.274. The van der Waals surface area contributed by atoms with E-state index in [0.717, 1.165) is 37.4 Å². The summed E-state index contributed by atoms with van der Waals surface area (Å²) < 4.78 is 30.3. The van der Waals surface area contributed by atoms with E-state index in [2.05, 4.69) is 18.7 Å². The molecule has 0 aliphatic heterocycles. The average Bonchev–Trinajstić information content (AvgIpc) is 3.05. The van der Waals surface area contributed by atoms with E-state index in [-0.39, 0.29) is 35.2 Å². The van der Waals surface area contributed by atoms with Crippen molar-refractivity contribution >= 4 is 5.69 Å². The molecule has 174 valence electrons. The monoisotopic (exact) mass is 453 g/mol. The number of rotatable bonds is 3. The fourth-order valence-electron chi connectivity index (χ4n) is 7.73. The third kappa shape index (κ3) is 3.19. The van der Waals surface area contributed by atoms with Crippen LogP contribution in [0.2, 0.25) is 0 Å². The number of aliphatic hydroxyl groups is 1. The van der Waals surface area contributed by atoms with Gasteiger partial charge in [-0.1, -0.05) is 32.4 Å². The maximum atomic E-state index is 15.0. The van der Waals surface area contributed by atoms with Crippen LogP contribution in [0, 0.1) is 41.4 Å². The SMILES string of the molecule is [C-]#[N+]c1ccc2c(c1F)CCC1C2[C@@H](CC)C[C@@]2(C)C1CC[C@@]2(O)Cc1cc[n+](O)cc1F. The molecule has 0 bridgehead atoms. The van der Waals surface area contributed by atoms with E-state index in [0.29, 0.717) is 40.5 Å². The molecule has 1 aromatic heterocycles. The highest BCUT2D eigenvalue weighted by Crippen LogP contribution is 2.67. The second-order valence-corrected chi connectivity index (χ2v) is 10.6. The molecule has 33 heavy (non-hydrogen) atoms. The standard InChI is InChI=1S/C27H31F2N2O2/c1-4-16-13-26(2)21(9-11-27(26,32)14-17-10-12-31(33)15-22(17)28)20-6-5-19-18(24(16)20)7-8-23(30-3)25(19)29/h7-8,10,12,15-16,20-21,24,32-33H,4-6,9,11,13-14H2,1-2H3/q+1/t16-,20?,21?,24?,26-,27+/m0/s1. The number of nitrogens with zero attached hydrogens (tertiary/aromatic N) is 2. The Hall–Kier alpha value is -2.52. The van der Waals surface area contributed by atoms with Gasteiger partial charge in [-0.25, -0.2) is 9.24 Å². The minimum atomic E-state index is -1.03. The van der Waals surface area contributed by atoms with Crippen LogP contribution in [-0.2, 0) is 12.8 Å². The Balaban J connectivity index is 1.52. The predicted octanol–water partition coefficient (Wildman–Crippen LogP) is 5.51. The zero-order valence-electron chi connectivity index (χ0n) is 19.2. The van der Waals surface area contributed by atoms with Crippen molar-refractivity contribution in [2.45, 2.75) is 70.3 Å². The van der Waals surface area contributed by atoms with Gasteiger partial charge in [-0.2, -0.15) is 4.39 Å². The largest absolute Gasteiger partial charge is 0.389 e. The zero-order chi connectivity index (χ0) is 23.5. The first-order valence-electron chi connectivity index (χ1n) is 12.0. The van der Waals surface area contributed by atoms with Crippen LogP contribution >= 0.6 is 0 Å². The fraction of sp³-hybridized carbons (Fsp3) is 0.556. The number of hydrogen-bond donors (Lipinski definition) is 2. The molecule has 6 heteroatoms. The van der Waals surface area contributed by atoms with Crippen LogP contribution in [0.5, 0.6) is 0 Å². The van der Waals surface area contributed by atoms with E-state index >= 15 is 4.39 Å². The van der Waals surface area contributed by atoms with Crippen molar-refractivity contribution in [3.8, 4) is 0 Å². The first-order valence-corrected chi connectivity index (χ1v) is 12.0. The quantitative estimate of drug-likeness (QED) is 0.366. The Kier molecular flexibility index (Phi) is 5.25. The van der Waals surface area contributed by atoms with Crippen LogP contribution in [0.1, 0.15) is 68.6 Å². The summed E-state index contributed by atoms with van der Waals surface area (Å²) in [6, 6.07) is 5.14. The van der Waals surface area contributed by atoms with E-state index in [1.54, 1.807) is 12.1 Å². The molecule has 1 aromatic carbocycles. The summed E-state index contributed by atoms with van der Waals surface area (Å²) in [5, 5.41) is 21.5. The molecule has 2 saturated carbocycles. The summed E-state index contributed by atoms with van der Waals surface area (Å²) in [6.45, 7) is 11.6. The van der Waals surface area contributed by atoms with Crippen molar-refractivity contribution in [1.82, 2.24) is 0 Å². The molecular formula is C27H31F2N2O2+. The fourth-order valence-corrected chi connectivity index (χ4v) is 7.73. The van der Waals surface area contributed by atoms with Gasteiger partial charge in [-0.3, -0.25) is 5.21 Å². The Labute approximate surface area is 193 Å². The van der Waals surface area contributed by atoms with Gasteiger partial charge in [0.1, 0.15) is 5.82 Å². The lowest BCUT2D eigenvalue weighted by Crippen LogP contribution is -2.54. The molecule has 0 radical (unpaired) electrons. The van der Waals surface area contributed by atoms with Gasteiger partial charge in [-0.05, 0) is 66.9 Å². The van der Waals surface area contributed by atoms with Gasteiger partial charge in [0, 0.05) is 28.2 Å². The minimum Gasteiger partial charge on any atom is -0.389 e. The molecule has 3 aliphatic carbocycles. The molecule has 3 unspecified atom stereocenters. The maximum absolute atomic E-state index is 15.0. The molecule has 3 aliphatic rings. The van der Waals surface area contributed by atoms with Crippen molar-refractivity contribution < 1.29 is 23.8 Å². The summed E-state index contributed by atoms with van der Waals surface area (Å²) >= 11 is 0. The molecule has 6 atom stereocenters. The molecule has 1 heterocycles. The molecule has 2 aromatic rings. The van der Waals surface area contributed by atoms with Gasteiger partial charge in [0.15, 0.2) is 5.82 Å². The number of halogens is 2.